The number of sulfonamides is 1. The SMILES string of the molecule is CS(=O)(=O)N1CCc2c(cncc2C(=O)Nc2ccc(Cl)cc2Cl)C1. The molecule has 1 aliphatic heterocycles. The predicted molar refractivity (Wildman–Crippen MR) is 97.6 cm³/mol. The number of hydrogen-bond donors (Lipinski definition) is 1. The summed E-state index contributed by atoms with van der Waals surface area (Å²) in [7, 11) is -3.28. The van der Waals surface area contributed by atoms with Crippen LogP contribution in [0, 0.1) is 0 Å². The molecule has 0 fully saturated rings. The van der Waals surface area contributed by atoms with E-state index in [0.717, 1.165) is 11.1 Å². The van der Waals surface area contributed by atoms with Crippen LogP contribution in [0.5, 0.6) is 0 Å². The van der Waals surface area contributed by atoms with E-state index in [1.54, 1.807) is 24.4 Å². The summed E-state index contributed by atoms with van der Waals surface area (Å²) in [5.41, 5.74) is 2.39. The molecule has 1 aromatic heterocycles. The molecule has 0 saturated heterocycles. The molecule has 0 radical (unpaired) electrons. The van der Waals surface area contributed by atoms with Gasteiger partial charge in [0.15, 0.2) is 0 Å². The molecule has 0 bridgehead atoms. The normalized spacial score (nSPS) is 14.8. The Bertz CT molecular complexity index is 948. The third kappa shape index (κ3) is 3.95. The number of halogens is 2. The van der Waals surface area contributed by atoms with Crippen LogP contribution in [0.3, 0.4) is 0 Å². The van der Waals surface area contributed by atoms with Crippen molar-refractivity contribution in [3.8, 4) is 0 Å². The van der Waals surface area contributed by atoms with Gasteiger partial charge >= 0.3 is 0 Å². The number of aromatic nitrogens is 1. The lowest BCUT2D eigenvalue weighted by Gasteiger charge is -2.27. The fraction of sp³-hybridized carbons (Fsp3) is 0.250. The number of pyridine rings is 1. The lowest BCUT2D eigenvalue weighted by molar-refractivity contribution is 0.102. The van der Waals surface area contributed by atoms with Crippen LogP contribution in [0.15, 0.2) is 30.6 Å². The molecule has 9 heteroatoms. The Morgan fingerprint density at radius 3 is 2.72 bits per heavy atom. The summed E-state index contributed by atoms with van der Waals surface area (Å²) in [6, 6.07) is 4.80. The highest BCUT2D eigenvalue weighted by Gasteiger charge is 2.26. The first-order chi connectivity index (χ1) is 11.8. The van der Waals surface area contributed by atoms with E-state index in [4.69, 9.17) is 23.2 Å². The molecule has 2 heterocycles. The van der Waals surface area contributed by atoms with Gasteiger partial charge in [-0.25, -0.2) is 8.42 Å². The quantitative estimate of drug-likeness (QED) is 0.859. The lowest BCUT2D eigenvalue weighted by atomic mass is 9.98. The minimum atomic E-state index is -3.28. The summed E-state index contributed by atoms with van der Waals surface area (Å²) in [6.07, 6.45) is 4.69. The number of benzene rings is 1. The predicted octanol–water partition coefficient (Wildman–Crippen LogP) is 2.96. The van der Waals surface area contributed by atoms with E-state index < -0.39 is 10.0 Å². The van der Waals surface area contributed by atoms with Crippen molar-refractivity contribution in [3.05, 3.63) is 57.3 Å². The molecule has 1 N–H and O–H groups in total. The highest BCUT2D eigenvalue weighted by molar-refractivity contribution is 7.88. The van der Waals surface area contributed by atoms with Crippen LogP contribution in [-0.2, 0) is 23.0 Å². The molecule has 0 unspecified atom stereocenters. The number of carbonyl (C=O) groups is 1. The maximum atomic E-state index is 12.6. The van der Waals surface area contributed by atoms with Crippen LogP contribution >= 0.6 is 23.2 Å². The summed E-state index contributed by atoms with van der Waals surface area (Å²) < 4.78 is 24.8. The maximum Gasteiger partial charge on any atom is 0.257 e. The molecule has 0 saturated carbocycles. The number of nitrogens with zero attached hydrogens (tertiary/aromatic N) is 2. The Morgan fingerprint density at radius 2 is 2.04 bits per heavy atom. The van der Waals surface area contributed by atoms with Gasteiger partial charge in [-0.15, -0.1) is 0 Å². The van der Waals surface area contributed by atoms with Crippen molar-refractivity contribution in [2.45, 2.75) is 13.0 Å². The van der Waals surface area contributed by atoms with Crippen LogP contribution in [0.2, 0.25) is 10.0 Å². The average Bonchev–Trinajstić information content (AvgIpc) is 2.55. The molecule has 3 rings (SSSR count). The standard InChI is InChI=1S/C16H15Cl2N3O3S/c1-25(23,24)21-5-4-12-10(9-21)7-19-8-13(12)16(22)20-15-3-2-11(17)6-14(15)18/h2-3,6-8H,4-5,9H2,1H3,(H,20,22). The van der Waals surface area contributed by atoms with E-state index in [1.165, 1.54) is 16.8 Å². The summed E-state index contributed by atoms with van der Waals surface area (Å²) in [5, 5.41) is 3.55. The smallest absolute Gasteiger partial charge is 0.257 e. The number of anilines is 1. The van der Waals surface area contributed by atoms with Gasteiger partial charge in [0.1, 0.15) is 0 Å². The number of fused-ring (bicyclic) bond motifs is 1. The van der Waals surface area contributed by atoms with Gasteiger partial charge in [-0.2, -0.15) is 4.31 Å². The van der Waals surface area contributed by atoms with E-state index in [9.17, 15) is 13.2 Å². The van der Waals surface area contributed by atoms with Crippen molar-refractivity contribution in [1.82, 2.24) is 9.29 Å². The Balaban J connectivity index is 1.88. The lowest BCUT2D eigenvalue weighted by Crippen LogP contribution is -2.36. The molecule has 0 atom stereocenters. The molecule has 25 heavy (non-hydrogen) atoms. The molecule has 1 aliphatic rings. The van der Waals surface area contributed by atoms with Crippen molar-refractivity contribution in [2.75, 3.05) is 18.1 Å². The molecular formula is C16H15Cl2N3O3S. The van der Waals surface area contributed by atoms with Gasteiger partial charge in [0.05, 0.1) is 22.5 Å². The second-order valence-corrected chi connectivity index (χ2v) is 8.58. The minimum absolute atomic E-state index is 0.212. The summed E-state index contributed by atoms with van der Waals surface area (Å²) in [4.78, 5) is 16.7. The van der Waals surface area contributed by atoms with Gasteiger partial charge in [-0.3, -0.25) is 9.78 Å². The van der Waals surface area contributed by atoms with Crippen LogP contribution < -0.4 is 5.32 Å². The zero-order valence-electron chi connectivity index (χ0n) is 13.3. The number of hydrogen-bond acceptors (Lipinski definition) is 4. The van der Waals surface area contributed by atoms with Gasteiger partial charge < -0.3 is 5.32 Å². The van der Waals surface area contributed by atoms with Crippen LogP contribution in [0.25, 0.3) is 0 Å². The van der Waals surface area contributed by atoms with E-state index in [1.807, 2.05) is 0 Å². The zero-order valence-corrected chi connectivity index (χ0v) is 15.6. The van der Waals surface area contributed by atoms with Crippen LogP contribution in [0.1, 0.15) is 21.5 Å². The number of rotatable bonds is 3. The van der Waals surface area contributed by atoms with E-state index in [-0.39, 0.29) is 12.5 Å². The molecule has 6 nitrogen and oxygen atoms in total. The van der Waals surface area contributed by atoms with E-state index in [2.05, 4.69) is 10.3 Å². The first kappa shape index (κ1) is 18.1. The van der Waals surface area contributed by atoms with Crippen LogP contribution in [-0.4, -0.2) is 36.4 Å². The molecule has 0 aliphatic carbocycles. The molecule has 1 aromatic carbocycles. The minimum Gasteiger partial charge on any atom is -0.321 e. The topological polar surface area (TPSA) is 79.4 Å². The van der Waals surface area contributed by atoms with Crippen molar-refractivity contribution < 1.29 is 13.2 Å². The summed E-state index contributed by atoms with van der Waals surface area (Å²) in [6.45, 7) is 0.543. The average molecular weight is 400 g/mol. The van der Waals surface area contributed by atoms with Crippen molar-refractivity contribution in [2.24, 2.45) is 0 Å². The van der Waals surface area contributed by atoms with Crippen molar-refractivity contribution in [3.63, 3.8) is 0 Å². The fourth-order valence-electron chi connectivity index (χ4n) is 2.73. The summed E-state index contributed by atoms with van der Waals surface area (Å²) >= 11 is 11.9. The highest BCUT2D eigenvalue weighted by Crippen LogP contribution is 2.27. The Labute approximate surface area is 155 Å². The number of amides is 1. The van der Waals surface area contributed by atoms with Gasteiger partial charge in [-0.05, 0) is 35.7 Å². The first-order valence-electron chi connectivity index (χ1n) is 7.43. The largest absolute Gasteiger partial charge is 0.321 e. The van der Waals surface area contributed by atoms with Gasteiger partial charge in [0, 0.05) is 30.5 Å². The Hall–Kier alpha value is -1.67. The summed E-state index contributed by atoms with van der Waals surface area (Å²) in [5.74, 6) is -0.346. The second kappa shape index (κ2) is 6.92. The van der Waals surface area contributed by atoms with E-state index in [0.29, 0.717) is 34.3 Å². The zero-order chi connectivity index (χ0) is 18.2. The molecule has 2 aromatic rings. The fourth-order valence-corrected chi connectivity index (χ4v) is 3.98. The molecule has 1 amide bonds. The first-order valence-corrected chi connectivity index (χ1v) is 10.0. The number of carbonyl (C=O) groups excluding carboxylic acids is 1. The van der Waals surface area contributed by atoms with Gasteiger partial charge in [0.25, 0.3) is 5.91 Å². The number of nitrogens with one attached hydrogen (secondary N) is 1. The highest BCUT2D eigenvalue weighted by atomic mass is 35.5. The monoisotopic (exact) mass is 399 g/mol. The molecule has 0 spiro atoms. The van der Waals surface area contributed by atoms with Crippen molar-refractivity contribution >= 4 is 44.8 Å². The second-order valence-electron chi connectivity index (χ2n) is 5.75. The van der Waals surface area contributed by atoms with Crippen LogP contribution in [0.4, 0.5) is 5.69 Å². The maximum absolute atomic E-state index is 12.6. The third-order valence-corrected chi connectivity index (χ3v) is 5.80. The molecular weight excluding hydrogens is 385 g/mol. The van der Waals surface area contributed by atoms with Gasteiger partial charge in [-0.1, -0.05) is 23.2 Å². The van der Waals surface area contributed by atoms with Gasteiger partial charge in [0.2, 0.25) is 10.0 Å². The van der Waals surface area contributed by atoms with Crippen molar-refractivity contribution in [1.29, 1.82) is 0 Å². The molecule has 132 valence electrons. The van der Waals surface area contributed by atoms with E-state index >= 15 is 0 Å². The Morgan fingerprint density at radius 1 is 1.28 bits per heavy atom. The Kier molecular flexibility index (Phi) is 5.02. The third-order valence-electron chi connectivity index (χ3n) is 4.00.